The van der Waals surface area contributed by atoms with Crippen molar-refractivity contribution in [3.8, 4) is 0 Å². The first-order valence-corrected chi connectivity index (χ1v) is 3.79. The van der Waals surface area contributed by atoms with Crippen molar-refractivity contribution in [2.24, 2.45) is 0 Å². The molecule has 1 rings (SSSR count). The maximum Gasteiger partial charge on any atom is 0.335 e. The molecule has 0 aromatic heterocycles. The summed E-state index contributed by atoms with van der Waals surface area (Å²) in [5.41, 5.74) is 1.07. The first-order chi connectivity index (χ1) is 5.95. The SMILES string of the molecule is C.CC1=C(C(=O)O)C(C)=C(C(=O)[O-])C1. The Morgan fingerprint density at radius 3 is 2.07 bits per heavy atom. The van der Waals surface area contributed by atoms with E-state index in [0.717, 1.165) is 0 Å². The van der Waals surface area contributed by atoms with E-state index in [-0.39, 0.29) is 25.0 Å². The van der Waals surface area contributed by atoms with Crippen LogP contribution in [-0.2, 0) is 9.59 Å². The summed E-state index contributed by atoms with van der Waals surface area (Å²) in [6.45, 7) is 3.11. The van der Waals surface area contributed by atoms with E-state index >= 15 is 0 Å². The van der Waals surface area contributed by atoms with Gasteiger partial charge in [-0.25, -0.2) is 4.79 Å². The van der Waals surface area contributed by atoms with Gasteiger partial charge in [-0.05, 0) is 31.4 Å². The Balaban J connectivity index is 0.00000169. The minimum atomic E-state index is -1.28. The predicted octanol–water partition coefficient (Wildman–Crippen LogP) is 0.494. The Hall–Kier alpha value is -1.58. The van der Waals surface area contributed by atoms with Crippen LogP contribution in [0.1, 0.15) is 27.7 Å². The maximum absolute atomic E-state index is 10.7. The predicted molar refractivity (Wildman–Crippen MR) is 49.4 cm³/mol. The van der Waals surface area contributed by atoms with Gasteiger partial charge in [0.2, 0.25) is 0 Å². The lowest BCUT2D eigenvalue weighted by molar-refractivity contribution is -0.299. The molecule has 0 saturated heterocycles. The highest BCUT2D eigenvalue weighted by Gasteiger charge is 2.23. The van der Waals surface area contributed by atoms with Crippen LogP contribution in [-0.4, -0.2) is 17.0 Å². The van der Waals surface area contributed by atoms with Crippen LogP contribution in [0.2, 0.25) is 0 Å². The molecule has 0 atom stereocenters. The van der Waals surface area contributed by atoms with Gasteiger partial charge in [-0.3, -0.25) is 0 Å². The number of allylic oxidation sites excluding steroid dienone is 1. The van der Waals surface area contributed by atoms with Gasteiger partial charge < -0.3 is 15.0 Å². The quantitative estimate of drug-likeness (QED) is 0.699. The first-order valence-electron chi connectivity index (χ1n) is 3.79. The van der Waals surface area contributed by atoms with Gasteiger partial charge in [0.15, 0.2) is 0 Å². The second-order valence-corrected chi connectivity index (χ2v) is 3.03. The van der Waals surface area contributed by atoms with Gasteiger partial charge in [0.25, 0.3) is 0 Å². The minimum absolute atomic E-state index is 0. The fraction of sp³-hybridized carbons (Fsp3) is 0.400. The molecule has 1 aliphatic rings. The van der Waals surface area contributed by atoms with E-state index in [1.165, 1.54) is 6.92 Å². The van der Waals surface area contributed by atoms with Gasteiger partial charge in [0.1, 0.15) is 0 Å². The lowest BCUT2D eigenvalue weighted by Gasteiger charge is -2.04. The van der Waals surface area contributed by atoms with Gasteiger partial charge in [0.05, 0.1) is 11.5 Å². The summed E-state index contributed by atoms with van der Waals surface area (Å²) in [5.74, 6) is -2.36. The van der Waals surface area contributed by atoms with Crippen molar-refractivity contribution in [2.45, 2.75) is 27.7 Å². The minimum Gasteiger partial charge on any atom is -0.545 e. The van der Waals surface area contributed by atoms with E-state index in [1.807, 2.05) is 0 Å². The molecule has 0 aliphatic heterocycles. The van der Waals surface area contributed by atoms with Crippen LogP contribution < -0.4 is 5.11 Å². The normalized spacial score (nSPS) is 15.6. The number of carbonyl (C=O) groups excluding carboxylic acids is 1. The largest absolute Gasteiger partial charge is 0.545 e. The molecule has 0 radical (unpaired) electrons. The average molecular weight is 197 g/mol. The fourth-order valence-electron chi connectivity index (χ4n) is 1.53. The molecule has 0 aromatic rings. The summed E-state index contributed by atoms with van der Waals surface area (Å²) in [6.07, 6.45) is 0.176. The van der Waals surface area contributed by atoms with E-state index in [2.05, 4.69) is 0 Å². The topological polar surface area (TPSA) is 77.4 Å². The third-order valence-electron chi connectivity index (χ3n) is 2.16. The zero-order valence-electron chi connectivity index (χ0n) is 7.38. The van der Waals surface area contributed by atoms with Crippen LogP contribution in [0.4, 0.5) is 0 Å². The highest BCUT2D eigenvalue weighted by molar-refractivity contribution is 5.99. The van der Waals surface area contributed by atoms with Gasteiger partial charge in [-0.1, -0.05) is 13.0 Å². The molecule has 78 valence electrons. The number of rotatable bonds is 2. The Morgan fingerprint density at radius 1 is 1.36 bits per heavy atom. The van der Waals surface area contributed by atoms with Gasteiger partial charge >= 0.3 is 5.97 Å². The average Bonchev–Trinajstić information content (AvgIpc) is 2.26. The molecule has 0 spiro atoms. The summed E-state index contributed by atoms with van der Waals surface area (Å²) in [5, 5.41) is 19.3. The number of carboxylic acid groups (broad SMARTS) is 2. The van der Waals surface area contributed by atoms with E-state index in [1.54, 1.807) is 6.92 Å². The molecule has 0 bridgehead atoms. The number of aliphatic carboxylic acids is 2. The molecular formula is C10H13O4-. The number of hydrogen-bond acceptors (Lipinski definition) is 3. The highest BCUT2D eigenvalue weighted by atomic mass is 16.4. The molecule has 14 heavy (non-hydrogen) atoms. The van der Waals surface area contributed by atoms with Crippen LogP contribution >= 0.6 is 0 Å². The molecule has 0 saturated carbocycles. The zero-order chi connectivity index (χ0) is 10.2. The Kier molecular flexibility index (Phi) is 3.62. The molecule has 1 aliphatic carbocycles. The molecule has 1 N–H and O–H groups in total. The fourth-order valence-corrected chi connectivity index (χ4v) is 1.53. The van der Waals surface area contributed by atoms with E-state index < -0.39 is 11.9 Å². The maximum atomic E-state index is 10.7. The van der Waals surface area contributed by atoms with Crippen molar-refractivity contribution in [2.75, 3.05) is 0 Å². The first kappa shape index (κ1) is 12.4. The third kappa shape index (κ3) is 1.84. The monoisotopic (exact) mass is 197 g/mol. The van der Waals surface area contributed by atoms with Crippen LogP contribution in [0.25, 0.3) is 0 Å². The third-order valence-corrected chi connectivity index (χ3v) is 2.16. The molecule has 0 unspecified atom stereocenters. The van der Waals surface area contributed by atoms with Crippen molar-refractivity contribution in [1.29, 1.82) is 0 Å². The molecule has 4 heteroatoms. The zero-order valence-corrected chi connectivity index (χ0v) is 7.38. The van der Waals surface area contributed by atoms with Gasteiger partial charge in [0, 0.05) is 0 Å². The molecule has 0 heterocycles. The Morgan fingerprint density at radius 2 is 1.86 bits per heavy atom. The highest BCUT2D eigenvalue weighted by Crippen LogP contribution is 2.31. The number of carbonyl (C=O) groups is 2. The molecule has 4 nitrogen and oxygen atoms in total. The van der Waals surface area contributed by atoms with E-state index in [4.69, 9.17) is 5.11 Å². The summed E-state index contributed by atoms with van der Waals surface area (Å²) in [4.78, 5) is 21.2. The second kappa shape index (κ2) is 4.09. The van der Waals surface area contributed by atoms with Crippen LogP contribution in [0, 0.1) is 0 Å². The second-order valence-electron chi connectivity index (χ2n) is 3.03. The molecule has 0 amide bonds. The smallest absolute Gasteiger partial charge is 0.335 e. The van der Waals surface area contributed by atoms with Crippen LogP contribution in [0.3, 0.4) is 0 Å². The Bertz CT molecular complexity index is 347. The molecular weight excluding hydrogens is 184 g/mol. The van der Waals surface area contributed by atoms with Crippen LogP contribution in [0.15, 0.2) is 22.3 Å². The summed E-state index contributed by atoms with van der Waals surface area (Å²) >= 11 is 0. The van der Waals surface area contributed by atoms with Crippen molar-refractivity contribution in [1.82, 2.24) is 0 Å². The lowest BCUT2D eigenvalue weighted by atomic mass is 10.1. The number of hydrogen-bond donors (Lipinski definition) is 1. The van der Waals surface area contributed by atoms with Gasteiger partial charge in [-0.2, -0.15) is 0 Å². The molecule has 0 fully saturated rings. The van der Waals surface area contributed by atoms with Crippen molar-refractivity contribution in [3.63, 3.8) is 0 Å². The van der Waals surface area contributed by atoms with Gasteiger partial charge in [-0.15, -0.1) is 0 Å². The van der Waals surface area contributed by atoms with Crippen LogP contribution in [0.5, 0.6) is 0 Å². The van der Waals surface area contributed by atoms with Crippen molar-refractivity contribution < 1.29 is 19.8 Å². The summed E-state index contributed by atoms with van der Waals surface area (Å²) in [6, 6.07) is 0. The number of carboxylic acids is 2. The lowest BCUT2D eigenvalue weighted by Crippen LogP contribution is -2.24. The summed E-state index contributed by atoms with van der Waals surface area (Å²) < 4.78 is 0. The van der Waals surface area contributed by atoms with Crippen molar-refractivity contribution >= 4 is 11.9 Å². The van der Waals surface area contributed by atoms with Crippen molar-refractivity contribution in [3.05, 3.63) is 22.3 Å². The summed E-state index contributed by atoms with van der Waals surface area (Å²) in [7, 11) is 0. The molecule has 0 aromatic carbocycles. The van der Waals surface area contributed by atoms with E-state index in [0.29, 0.717) is 11.1 Å². The van der Waals surface area contributed by atoms with E-state index in [9.17, 15) is 14.7 Å². The Labute approximate surface area is 82.6 Å². The standard InChI is InChI=1S/C9H10O4.CH4/c1-4-3-6(8(10)11)5(2)7(4)9(12)13;/h3H2,1-2H3,(H,10,11)(H,12,13);1H4/p-1.